The summed E-state index contributed by atoms with van der Waals surface area (Å²) in [4.78, 5) is 0. The average molecular weight is 251 g/mol. The van der Waals surface area contributed by atoms with E-state index in [2.05, 4.69) is 0 Å². The second-order valence-corrected chi connectivity index (χ2v) is 6.18. The van der Waals surface area contributed by atoms with Gasteiger partial charge in [-0.15, -0.1) is 0 Å². The summed E-state index contributed by atoms with van der Waals surface area (Å²) in [6.07, 6.45) is 0.529. The first kappa shape index (κ1) is 12.5. The summed E-state index contributed by atoms with van der Waals surface area (Å²) < 4.78 is 35.1. The Bertz CT molecular complexity index is 469. The Kier molecular flexibility index (Phi) is 3.73. The Hall–Kier alpha value is -0.610. The molecule has 0 saturated heterocycles. The molecule has 0 heterocycles. The van der Waals surface area contributed by atoms with Gasteiger partial charge in [0.25, 0.3) is 0 Å². The molecule has 0 fully saturated rings. The highest BCUT2D eigenvalue weighted by Gasteiger charge is 2.12. The highest BCUT2D eigenvalue weighted by atomic mass is 35.7. The minimum absolute atomic E-state index is 0.256. The third-order valence-corrected chi connectivity index (χ3v) is 3.20. The van der Waals surface area contributed by atoms with Crippen LogP contribution in [0.1, 0.15) is 23.6 Å². The van der Waals surface area contributed by atoms with E-state index < -0.39 is 9.05 Å². The van der Waals surface area contributed by atoms with Crippen LogP contribution in [0.4, 0.5) is 4.39 Å². The van der Waals surface area contributed by atoms with Gasteiger partial charge in [0.1, 0.15) is 5.82 Å². The van der Waals surface area contributed by atoms with Crippen molar-refractivity contribution >= 4 is 19.7 Å². The summed E-state index contributed by atoms with van der Waals surface area (Å²) in [5.41, 5.74) is 1.67. The van der Waals surface area contributed by atoms with Crippen LogP contribution in [-0.2, 0) is 21.2 Å². The lowest BCUT2D eigenvalue weighted by Gasteiger charge is -2.07. The highest BCUT2D eigenvalue weighted by molar-refractivity contribution is 8.13. The van der Waals surface area contributed by atoms with Crippen molar-refractivity contribution in [3.63, 3.8) is 0 Å². The molecule has 0 aliphatic carbocycles. The number of halogens is 2. The van der Waals surface area contributed by atoms with Crippen LogP contribution in [0.15, 0.2) is 12.1 Å². The van der Waals surface area contributed by atoms with Crippen LogP contribution in [0.25, 0.3) is 0 Å². The molecule has 0 radical (unpaired) electrons. The zero-order chi connectivity index (χ0) is 11.6. The van der Waals surface area contributed by atoms with E-state index in [1.54, 1.807) is 13.0 Å². The molecular weight excluding hydrogens is 239 g/mol. The lowest BCUT2D eigenvalue weighted by molar-refractivity contribution is 0.604. The molecule has 0 aromatic heterocycles. The molecule has 1 rings (SSSR count). The predicted octanol–water partition coefficient (Wildman–Crippen LogP) is 2.77. The fourth-order valence-corrected chi connectivity index (χ4v) is 2.42. The van der Waals surface area contributed by atoms with Crippen LogP contribution in [-0.4, -0.2) is 8.42 Å². The standard InChI is InChI=1S/C10H12ClFO2S/c1-3-8-5-9(6-15(11,13)14)7(2)4-10(8)12/h4-5H,3,6H2,1-2H3. The van der Waals surface area contributed by atoms with Crippen LogP contribution < -0.4 is 0 Å². The lowest BCUT2D eigenvalue weighted by Crippen LogP contribution is -2.01. The van der Waals surface area contributed by atoms with Gasteiger partial charge in [0, 0.05) is 10.7 Å². The van der Waals surface area contributed by atoms with Gasteiger partial charge in [-0.05, 0) is 36.1 Å². The molecule has 2 nitrogen and oxygen atoms in total. The van der Waals surface area contributed by atoms with E-state index >= 15 is 0 Å². The topological polar surface area (TPSA) is 34.1 Å². The second-order valence-electron chi connectivity index (χ2n) is 3.41. The molecule has 0 saturated carbocycles. The van der Waals surface area contributed by atoms with E-state index in [0.717, 1.165) is 0 Å². The van der Waals surface area contributed by atoms with Gasteiger partial charge in [-0.25, -0.2) is 12.8 Å². The van der Waals surface area contributed by atoms with Crippen molar-refractivity contribution in [2.75, 3.05) is 0 Å². The molecular formula is C10H12ClFO2S. The molecule has 0 aliphatic heterocycles. The number of rotatable bonds is 3. The predicted molar refractivity (Wildman–Crippen MR) is 59.0 cm³/mol. The molecule has 0 aliphatic rings. The van der Waals surface area contributed by atoms with E-state index in [0.29, 0.717) is 23.1 Å². The summed E-state index contributed by atoms with van der Waals surface area (Å²) in [6.45, 7) is 3.48. The monoisotopic (exact) mass is 250 g/mol. The van der Waals surface area contributed by atoms with Crippen LogP contribution in [0.5, 0.6) is 0 Å². The fourth-order valence-electron chi connectivity index (χ4n) is 1.38. The Morgan fingerprint density at radius 3 is 2.40 bits per heavy atom. The Morgan fingerprint density at radius 1 is 1.33 bits per heavy atom. The van der Waals surface area contributed by atoms with Gasteiger partial charge in [0.2, 0.25) is 9.05 Å². The summed E-state index contributed by atoms with van der Waals surface area (Å²) in [5.74, 6) is -0.557. The van der Waals surface area contributed by atoms with Gasteiger partial charge in [-0.2, -0.15) is 0 Å². The lowest BCUT2D eigenvalue weighted by atomic mass is 10.0. The van der Waals surface area contributed by atoms with Crippen molar-refractivity contribution in [2.45, 2.75) is 26.0 Å². The van der Waals surface area contributed by atoms with Crippen molar-refractivity contribution in [3.05, 3.63) is 34.6 Å². The SMILES string of the molecule is CCc1cc(CS(=O)(=O)Cl)c(C)cc1F. The van der Waals surface area contributed by atoms with Crippen molar-refractivity contribution in [3.8, 4) is 0 Å². The highest BCUT2D eigenvalue weighted by Crippen LogP contribution is 2.19. The maximum Gasteiger partial charge on any atom is 0.236 e. The Morgan fingerprint density at radius 2 is 1.93 bits per heavy atom. The molecule has 0 spiro atoms. The number of aryl methyl sites for hydroxylation is 2. The van der Waals surface area contributed by atoms with Crippen LogP contribution in [0.3, 0.4) is 0 Å². The van der Waals surface area contributed by atoms with Gasteiger partial charge >= 0.3 is 0 Å². The number of hydrogen-bond donors (Lipinski definition) is 0. The van der Waals surface area contributed by atoms with E-state index in [4.69, 9.17) is 10.7 Å². The zero-order valence-corrected chi connectivity index (χ0v) is 10.1. The molecule has 84 valence electrons. The fraction of sp³-hybridized carbons (Fsp3) is 0.400. The zero-order valence-electron chi connectivity index (χ0n) is 8.55. The quantitative estimate of drug-likeness (QED) is 0.773. The second kappa shape index (κ2) is 4.49. The van der Waals surface area contributed by atoms with Gasteiger partial charge < -0.3 is 0 Å². The largest absolute Gasteiger partial charge is 0.236 e. The molecule has 0 amide bonds. The van der Waals surface area contributed by atoms with E-state index in [1.807, 2.05) is 6.92 Å². The van der Waals surface area contributed by atoms with Gasteiger partial charge in [-0.1, -0.05) is 13.0 Å². The smallest absolute Gasteiger partial charge is 0.212 e. The molecule has 0 bridgehead atoms. The molecule has 15 heavy (non-hydrogen) atoms. The maximum atomic E-state index is 13.3. The van der Waals surface area contributed by atoms with Crippen LogP contribution in [0.2, 0.25) is 0 Å². The van der Waals surface area contributed by atoms with Gasteiger partial charge in [-0.3, -0.25) is 0 Å². The maximum absolute atomic E-state index is 13.3. The third kappa shape index (κ3) is 3.47. The van der Waals surface area contributed by atoms with Crippen LogP contribution in [0, 0.1) is 12.7 Å². The number of benzene rings is 1. The van der Waals surface area contributed by atoms with Crippen molar-refractivity contribution in [1.82, 2.24) is 0 Å². The normalized spacial score (nSPS) is 11.7. The van der Waals surface area contributed by atoms with Crippen molar-refractivity contribution in [2.24, 2.45) is 0 Å². The summed E-state index contributed by atoms with van der Waals surface area (Å²) in [7, 11) is 1.57. The molecule has 0 atom stereocenters. The summed E-state index contributed by atoms with van der Waals surface area (Å²) >= 11 is 0. The first-order chi connectivity index (χ1) is 6.83. The van der Waals surface area contributed by atoms with Crippen molar-refractivity contribution in [1.29, 1.82) is 0 Å². The number of hydrogen-bond acceptors (Lipinski definition) is 2. The van der Waals surface area contributed by atoms with Gasteiger partial charge in [0.15, 0.2) is 0 Å². The van der Waals surface area contributed by atoms with Crippen molar-refractivity contribution < 1.29 is 12.8 Å². The first-order valence-electron chi connectivity index (χ1n) is 4.53. The van der Waals surface area contributed by atoms with E-state index in [9.17, 15) is 12.8 Å². The van der Waals surface area contributed by atoms with E-state index in [1.165, 1.54) is 6.07 Å². The Balaban J connectivity index is 3.19. The van der Waals surface area contributed by atoms with E-state index in [-0.39, 0.29) is 11.6 Å². The minimum Gasteiger partial charge on any atom is -0.212 e. The average Bonchev–Trinajstić information content (AvgIpc) is 2.07. The molecule has 0 unspecified atom stereocenters. The molecule has 1 aromatic carbocycles. The molecule has 0 N–H and O–H groups in total. The Labute approximate surface area is 93.5 Å². The first-order valence-corrected chi connectivity index (χ1v) is 7.01. The van der Waals surface area contributed by atoms with Gasteiger partial charge in [0.05, 0.1) is 5.75 Å². The summed E-state index contributed by atoms with van der Waals surface area (Å²) in [5, 5.41) is 0. The molecule has 1 aromatic rings. The summed E-state index contributed by atoms with van der Waals surface area (Å²) in [6, 6.07) is 2.90. The van der Waals surface area contributed by atoms with Crippen LogP contribution >= 0.6 is 10.7 Å². The molecule has 5 heteroatoms. The third-order valence-electron chi connectivity index (χ3n) is 2.21. The minimum atomic E-state index is -3.59.